The van der Waals surface area contributed by atoms with E-state index in [9.17, 15) is 0 Å². The summed E-state index contributed by atoms with van der Waals surface area (Å²) in [4.78, 5) is 0. The van der Waals surface area contributed by atoms with Gasteiger partial charge in [-0.05, 0) is 0 Å². The van der Waals surface area contributed by atoms with Gasteiger partial charge in [0.05, 0.1) is 0 Å². The van der Waals surface area contributed by atoms with Crippen molar-refractivity contribution >= 4 is 20.2 Å². The van der Waals surface area contributed by atoms with E-state index >= 15 is 0 Å². The molecule has 1 rings (SSSR count). The molecular weight excluding hydrogens is 411 g/mol. The third-order valence-corrected chi connectivity index (χ3v) is 11.7. The molecule has 0 atom stereocenters. The van der Waals surface area contributed by atoms with Gasteiger partial charge in [-0.1, -0.05) is 0 Å². The monoisotopic (exact) mass is 453 g/mol. The zero-order valence-corrected chi connectivity index (χ0v) is 19.8. The number of hydrogen-bond acceptors (Lipinski definition) is 1. The molecule has 0 saturated heterocycles. The summed E-state index contributed by atoms with van der Waals surface area (Å²) in [5.41, 5.74) is 1.35. The summed E-state index contributed by atoms with van der Waals surface area (Å²) < 4.78 is 9.36. The Kier molecular flexibility index (Phi) is 16.0. The maximum atomic E-state index is 6.48. The van der Waals surface area contributed by atoms with E-state index in [2.05, 4.69) is 44.2 Å². The van der Waals surface area contributed by atoms with E-state index < -0.39 is 20.2 Å². The van der Waals surface area contributed by atoms with Crippen LogP contribution in [0, 0.1) is 0 Å². The second-order valence-corrected chi connectivity index (χ2v) is 14.1. The van der Waals surface area contributed by atoms with E-state index in [0.717, 1.165) is 6.61 Å². The van der Waals surface area contributed by atoms with E-state index in [1.807, 2.05) is 0 Å². The molecular formula is C23H41OSn. The molecule has 0 bridgehead atoms. The first kappa shape index (κ1) is 23.0. The molecule has 0 aliphatic carbocycles. The second-order valence-electron chi connectivity index (χ2n) is 7.35. The minimum atomic E-state index is -1.64. The van der Waals surface area contributed by atoms with Crippen LogP contribution in [0.3, 0.4) is 0 Å². The van der Waals surface area contributed by atoms with Crippen molar-refractivity contribution in [3.8, 4) is 0 Å². The number of rotatable bonds is 17. The molecule has 0 unspecified atom stereocenters. The van der Waals surface area contributed by atoms with Crippen molar-refractivity contribution in [2.75, 3.05) is 0 Å². The van der Waals surface area contributed by atoms with Crippen molar-refractivity contribution in [1.29, 1.82) is 0 Å². The standard InChI is InChI=1S/2C8H17.C7H7O.Sn/c2*1-3-5-7-8-6-4-2;8-6-7-4-2-1-3-5-7;/h2*1,3-8H2,2H3;1-5H,6H2;/q;;-1;+1. The molecule has 1 radical (unpaired) electrons. The van der Waals surface area contributed by atoms with Gasteiger partial charge < -0.3 is 0 Å². The first-order valence-electron chi connectivity index (χ1n) is 10.9. The molecule has 0 aliphatic heterocycles. The molecule has 0 heterocycles. The third-order valence-electron chi connectivity index (χ3n) is 4.90. The Bertz CT molecular complexity index is 363. The topological polar surface area (TPSA) is 9.23 Å². The molecule has 0 N–H and O–H groups in total. The molecule has 25 heavy (non-hydrogen) atoms. The van der Waals surface area contributed by atoms with E-state index in [1.54, 1.807) is 0 Å². The molecule has 143 valence electrons. The van der Waals surface area contributed by atoms with Gasteiger partial charge in [-0.15, -0.1) is 0 Å². The summed E-state index contributed by atoms with van der Waals surface area (Å²) >= 11 is -1.64. The molecule has 0 amide bonds. The van der Waals surface area contributed by atoms with Gasteiger partial charge in [-0.2, -0.15) is 0 Å². The van der Waals surface area contributed by atoms with Crippen molar-refractivity contribution in [2.24, 2.45) is 0 Å². The van der Waals surface area contributed by atoms with Crippen LogP contribution < -0.4 is 0 Å². The molecule has 1 aromatic rings. The van der Waals surface area contributed by atoms with Gasteiger partial charge >= 0.3 is 166 Å². The summed E-state index contributed by atoms with van der Waals surface area (Å²) in [7, 11) is 0. The zero-order chi connectivity index (χ0) is 18.0. The van der Waals surface area contributed by atoms with Gasteiger partial charge in [-0.25, -0.2) is 0 Å². The van der Waals surface area contributed by atoms with Gasteiger partial charge in [0.25, 0.3) is 0 Å². The van der Waals surface area contributed by atoms with Crippen LogP contribution in [0.5, 0.6) is 0 Å². The van der Waals surface area contributed by atoms with Crippen LogP contribution in [0.4, 0.5) is 0 Å². The average molecular weight is 452 g/mol. The molecule has 0 spiro atoms. The molecule has 1 nitrogen and oxygen atoms in total. The fourth-order valence-corrected chi connectivity index (χ4v) is 9.51. The summed E-state index contributed by atoms with van der Waals surface area (Å²) in [5, 5.41) is 0. The first-order chi connectivity index (χ1) is 12.4. The SMILES string of the molecule is CCCCCCC[CH2][Sn]([CH2]CCCCCCC)[O]Cc1ccccc1. The van der Waals surface area contributed by atoms with Gasteiger partial charge in [0.2, 0.25) is 0 Å². The van der Waals surface area contributed by atoms with Crippen molar-refractivity contribution in [1.82, 2.24) is 0 Å². The van der Waals surface area contributed by atoms with E-state index in [4.69, 9.17) is 3.07 Å². The Hall–Kier alpha value is -0.0213. The normalized spacial score (nSPS) is 11.3. The summed E-state index contributed by atoms with van der Waals surface area (Å²) in [6, 6.07) is 10.8. The van der Waals surface area contributed by atoms with Gasteiger partial charge in [-0.3, -0.25) is 0 Å². The summed E-state index contributed by atoms with van der Waals surface area (Å²) in [6.07, 6.45) is 16.9. The number of hydrogen-bond donors (Lipinski definition) is 0. The van der Waals surface area contributed by atoms with Crippen LogP contribution in [0.2, 0.25) is 8.87 Å². The van der Waals surface area contributed by atoms with Crippen LogP contribution in [-0.4, -0.2) is 20.2 Å². The molecule has 0 aromatic heterocycles. The Labute approximate surface area is 165 Å². The maximum absolute atomic E-state index is 6.48. The Balaban J connectivity index is 2.22. The van der Waals surface area contributed by atoms with Crippen LogP contribution in [-0.2, 0) is 9.68 Å². The van der Waals surface area contributed by atoms with Crippen molar-refractivity contribution in [3.63, 3.8) is 0 Å². The summed E-state index contributed by atoms with van der Waals surface area (Å²) in [6.45, 7) is 5.45. The van der Waals surface area contributed by atoms with E-state index in [1.165, 1.54) is 91.5 Å². The quantitative estimate of drug-likeness (QED) is 0.172. The molecule has 0 aliphatic rings. The predicted molar refractivity (Wildman–Crippen MR) is 113 cm³/mol. The van der Waals surface area contributed by atoms with Crippen LogP contribution in [0.1, 0.15) is 96.5 Å². The van der Waals surface area contributed by atoms with Gasteiger partial charge in [0.1, 0.15) is 0 Å². The Morgan fingerprint density at radius 3 is 1.64 bits per heavy atom. The van der Waals surface area contributed by atoms with Crippen LogP contribution in [0.25, 0.3) is 0 Å². The van der Waals surface area contributed by atoms with Gasteiger partial charge in [0, 0.05) is 0 Å². The molecule has 0 saturated carbocycles. The fourth-order valence-electron chi connectivity index (χ4n) is 3.23. The third kappa shape index (κ3) is 13.8. The first-order valence-corrected chi connectivity index (χ1v) is 16.1. The van der Waals surface area contributed by atoms with Crippen molar-refractivity contribution in [3.05, 3.63) is 35.9 Å². The molecule has 2 heteroatoms. The van der Waals surface area contributed by atoms with Crippen molar-refractivity contribution in [2.45, 2.75) is 106 Å². The molecule has 1 aromatic carbocycles. The number of benzene rings is 1. The Morgan fingerprint density at radius 1 is 0.640 bits per heavy atom. The van der Waals surface area contributed by atoms with Crippen LogP contribution in [0.15, 0.2) is 30.3 Å². The fraction of sp³-hybridized carbons (Fsp3) is 0.739. The second kappa shape index (κ2) is 17.4. The van der Waals surface area contributed by atoms with Crippen LogP contribution >= 0.6 is 0 Å². The summed E-state index contributed by atoms with van der Waals surface area (Å²) in [5.74, 6) is 0. The predicted octanol–water partition coefficient (Wildman–Crippen LogP) is 7.92. The van der Waals surface area contributed by atoms with Crippen molar-refractivity contribution < 1.29 is 3.07 Å². The van der Waals surface area contributed by atoms with Gasteiger partial charge in [0.15, 0.2) is 0 Å². The average Bonchev–Trinajstić information content (AvgIpc) is 2.65. The molecule has 0 fully saturated rings. The Morgan fingerprint density at radius 2 is 1.12 bits per heavy atom. The van der Waals surface area contributed by atoms with E-state index in [0.29, 0.717) is 0 Å². The zero-order valence-electron chi connectivity index (χ0n) is 16.9. The number of unbranched alkanes of at least 4 members (excludes halogenated alkanes) is 10. The van der Waals surface area contributed by atoms with E-state index in [-0.39, 0.29) is 0 Å². The minimum absolute atomic E-state index is 0.862.